The molecule has 1 N–H and O–H groups in total. The van der Waals surface area contributed by atoms with Crippen LogP contribution in [0.4, 0.5) is 0 Å². The Hall–Kier alpha value is -4.22. The lowest BCUT2D eigenvalue weighted by atomic mass is 10.0. The van der Waals surface area contributed by atoms with Crippen molar-refractivity contribution in [1.29, 1.82) is 0 Å². The van der Waals surface area contributed by atoms with Crippen molar-refractivity contribution in [2.75, 3.05) is 13.2 Å². The molecule has 430 valence electrons. The minimum atomic E-state index is -0.791. The highest BCUT2D eigenvalue weighted by atomic mass is 16.6. The average Bonchev–Trinajstić information content (AvgIpc) is 3.42. The van der Waals surface area contributed by atoms with E-state index in [4.69, 9.17) is 9.47 Å². The molecule has 0 aromatic carbocycles. The number of aliphatic hydroxyl groups excluding tert-OH is 1. The number of unbranched alkanes of at least 4 members (excludes halogenated alkanes) is 24. The maximum atomic E-state index is 12.3. The fourth-order valence-corrected chi connectivity index (χ4v) is 8.44. The first-order chi connectivity index (χ1) is 37.6. The van der Waals surface area contributed by atoms with Crippen LogP contribution >= 0.6 is 0 Å². The summed E-state index contributed by atoms with van der Waals surface area (Å²) in [5, 5.41) is 9.68. The Bertz CT molecular complexity index is 1610. The molecular formula is C71H116O5. The monoisotopic (exact) mass is 1050 g/mol. The van der Waals surface area contributed by atoms with Crippen LogP contribution in [0.15, 0.2) is 146 Å². The molecule has 0 aliphatic carbocycles. The summed E-state index contributed by atoms with van der Waals surface area (Å²) in [5.41, 5.74) is 0. The molecule has 5 nitrogen and oxygen atoms in total. The third-order valence-electron chi connectivity index (χ3n) is 13.1. The van der Waals surface area contributed by atoms with Crippen molar-refractivity contribution in [1.82, 2.24) is 0 Å². The maximum Gasteiger partial charge on any atom is 0.306 e. The van der Waals surface area contributed by atoms with Crippen LogP contribution in [0.1, 0.15) is 271 Å². The lowest BCUT2D eigenvalue weighted by Crippen LogP contribution is -2.28. The summed E-state index contributed by atoms with van der Waals surface area (Å²) in [6, 6.07) is 0. The highest BCUT2D eigenvalue weighted by molar-refractivity contribution is 5.70. The van der Waals surface area contributed by atoms with E-state index in [0.717, 1.165) is 116 Å². The van der Waals surface area contributed by atoms with Crippen LogP contribution in [0.3, 0.4) is 0 Å². The second-order valence-corrected chi connectivity index (χ2v) is 20.4. The van der Waals surface area contributed by atoms with Gasteiger partial charge in [-0.25, -0.2) is 0 Å². The van der Waals surface area contributed by atoms with Crippen molar-refractivity contribution in [3.8, 4) is 0 Å². The lowest BCUT2D eigenvalue weighted by Gasteiger charge is -2.15. The first-order valence-corrected chi connectivity index (χ1v) is 31.4. The van der Waals surface area contributed by atoms with Crippen molar-refractivity contribution in [2.24, 2.45) is 0 Å². The summed E-state index contributed by atoms with van der Waals surface area (Å²) in [7, 11) is 0. The molecule has 0 aromatic heterocycles. The van der Waals surface area contributed by atoms with Crippen LogP contribution < -0.4 is 0 Å². The van der Waals surface area contributed by atoms with Gasteiger partial charge in [-0.1, -0.05) is 282 Å². The van der Waals surface area contributed by atoms with Crippen LogP contribution in [-0.2, 0) is 19.1 Å². The molecule has 0 aromatic rings. The van der Waals surface area contributed by atoms with Gasteiger partial charge in [0.25, 0.3) is 0 Å². The minimum Gasteiger partial charge on any atom is -0.462 e. The number of hydrogen-bond acceptors (Lipinski definition) is 5. The van der Waals surface area contributed by atoms with Gasteiger partial charge >= 0.3 is 11.9 Å². The molecule has 0 aliphatic rings. The molecule has 0 saturated carbocycles. The van der Waals surface area contributed by atoms with E-state index in [1.165, 1.54) is 128 Å². The topological polar surface area (TPSA) is 72.8 Å². The fraction of sp³-hybridized carbons (Fsp3) is 0.634. The highest BCUT2D eigenvalue weighted by Gasteiger charge is 2.16. The molecule has 1 unspecified atom stereocenters. The SMILES string of the molecule is CC/C=C\C/C=C\C/C=C\C/C=C\C/C=C\C/C=C\C/C=C\C/C=C\C/C=C\CCCCCCCCCC(=O)OC(CO)COC(=O)CCCCCCCCCCCCCC/C=C\C/C=C\C/C=C\CCCCCCC. The zero-order valence-corrected chi connectivity index (χ0v) is 49.2. The van der Waals surface area contributed by atoms with Gasteiger partial charge in [-0.2, -0.15) is 0 Å². The van der Waals surface area contributed by atoms with E-state index in [1.54, 1.807) is 0 Å². The summed E-state index contributed by atoms with van der Waals surface area (Å²) in [4.78, 5) is 24.6. The molecule has 0 fully saturated rings. The quantitative estimate of drug-likeness (QED) is 0.0373. The van der Waals surface area contributed by atoms with Gasteiger partial charge in [-0.05, 0) is 122 Å². The molecule has 0 saturated heterocycles. The second-order valence-electron chi connectivity index (χ2n) is 20.4. The van der Waals surface area contributed by atoms with Gasteiger partial charge in [0.05, 0.1) is 6.61 Å². The van der Waals surface area contributed by atoms with E-state index >= 15 is 0 Å². The smallest absolute Gasteiger partial charge is 0.306 e. The van der Waals surface area contributed by atoms with Gasteiger partial charge in [0, 0.05) is 12.8 Å². The molecule has 0 amide bonds. The first-order valence-electron chi connectivity index (χ1n) is 31.4. The summed E-state index contributed by atoms with van der Waals surface area (Å²) in [6.07, 6.45) is 98.3. The molecule has 76 heavy (non-hydrogen) atoms. The van der Waals surface area contributed by atoms with Gasteiger partial charge in [-0.15, -0.1) is 0 Å². The second kappa shape index (κ2) is 65.1. The van der Waals surface area contributed by atoms with E-state index in [1.807, 2.05) is 0 Å². The molecule has 0 spiro atoms. The Morgan fingerprint density at radius 3 is 0.855 bits per heavy atom. The van der Waals surface area contributed by atoms with Gasteiger partial charge in [0.15, 0.2) is 6.10 Å². The number of carbonyl (C=O) groups excluding carboxylic acids is 2. The number of carbonyl (C=O) groups is 2. The van der Waals surface area contributed by atoms with E-state index in [9.17, 15) is 14.7 Å². The van der Waals surface area contributed by atoms with E-state index < -0.39 is 6.10 Å². The largest absolute Gasteiger partial charge is 0.462 e. The van der Waals surface area contributed by atoms with Gasteiger partial charge in [-0.3, -0.25) is 9.59 Å². The third-order valence-corrected chi connectivity index (χ3v) is 13.1. The molecule has 0 radical (unpaired) electrons. The summed E-state index contributed by atoms with van der Waals surface area (Å²) < 4.78 is 10.7. The van der Waals surface area contributed by atoms with Crippen LogP contribution in [-0.4, -0.2) is 36.4 Å². The van der Waals surface area contributed by atoms with Gasteiger partial charge in [0.2, 0.25) is 0 Å². The summed E-state index contributed by atoms with van der Waals surface area (Å²) in [6.45, 7) is 4.01. The zero-order chi connectivity index (χ0) is 54.8. The number of allylic oxidation sites excluding steroid dienone is 24. The Kier molecular flexibility index (Phi) is 61.5. The van der Waals surface area contributed by atoms with Crippen LogP contribution in [0, 0.1) is 0 Å². The lowest BCUT2D eigenvalue weighted by molar-refractivity contribution is -0.161. The van der Waals surface area contributed by atoms with Gasteiger partial charge < -0.3 is 14.6 Å². The molecule has 0 bridgehead atoms. The number of aliphatic hydroxyl groups is 1. The van der Waals surface area contributed by atoms with Crippen molar-refractivity contribution >= 4 is 11.9 Å². The highest BCUT2D eigenvalue weighted by Crippen LogP contribution is 2.15. The predicted octanol–water partition coefficient (Wildman–Crippen LogP) is 21.8. The molecule has 0 heterocycles. The Morgan fingerprint density at radius 1 is 0.316 bits per heavy atom. The molecule has 0 aliphatic heterocycles. The van der Waals surface area contributed by atoms with Crippen LogP contribution in [0.5, 0.6) is 0 Å². The van der Waals surface area contributed by atoms with Crippen molar-refractivity contribution < 1.29 is 24.2 Å². The normalized spacial score (nSPS) is 13.2. The Balaban J connectivity index is 3.59. The van der Waals surface area contributed by atoms with E-state index in [0.29, 0.717) is 12.8 Å². The van der Waals surface area contributed by atoms with Crippen LogP contribution in [0.25, 0.3) is 0 Å². The van der Waals surface area contributed by atoms with E-state index in [2.05, 4.69) is 160 Å². The Morgan fingerprint density at radius 2 is 0.566 bits per heavy atom. The maximum absolute atomic E-state index is 12.3. The minimum absolute atomic E-state index is 0.0793. The third kappa shape index (κ3) is 62.3. The van der Waals surface area contributed by atoms with Gasteiger partial charge in [0.1, 0.15) is 6.61 Å². The number of hydrogen-bond donors (Lipinski definition) is 1. The predicted molar refractivity (Wildman–Crippen MR) is 334 cm³/mol. The number of rotatable bonds is 56. The molecule has 0 rings (SSSR count). The summed E-state index contributed by atoms with van der Waals surface area (Å²) in [5.74, 6) is -0.610. The molecule has 1 atom stereocenters. The molecule has 5 heteroatoms. The van der Waals surface area contributed by atoms with Crippen molar-refractivity contribution in [3.63, 3.8) is 0 Å². The van der Waals surface area contributed by atoms with Crippen molar-refractivity contribution in [2.45, 2.75) is 277 Å². The standard InChI is InChI=1S/C71H116O5/c1-3-5-7-9-11-13-15-17-19-21-23-25-27-29-31-32-33-34-35-36-37-38-40-42-44-46-48-50-52-54-56-58-60-62-64-66-71(74)76-69(67-72)68-75-70(73)65-63-61-59-57-55-53-51-49-47-45-43-41-39-30-28-26-24-22-20-18-16-14-12-10-8-6-4-2/h5,7,11,13,16-19,22-25,28-31,33-34,36-37,40,42,46,48,69,72H,3-4,6,8-10,12,14-15,20-21,26-27,32,35,38-39,41,43-45,47,49-68H2,1-2H3/b7-5-,13-11-,18-16-,19-17-,24-22-,25-23-,30-28-,31-29-,34-33-,37-36-,42-40-,48-46-. The number of ether oxygens (including phenoxy) is 2. The molecular weight excluding hydrogens is 933 g/mol. The van der Waals surface area contributed by atoms with Crippen molar-refractivity contribution in [3.05, 3.63) is 146 Å². The zero-order valence-electron chi connectivity index (χ0n) is 49.2. The number of esters is 2. The summed E-state index contributed by atoms with van der Waals surface area (Å²) >= 11 is 0. The fourth-order valence-electron chi connectivity index (χ4n) is 8.44. The van der Waals surface area contributed by atoms with Crippen LogP contribution in [0.2, 0.25) is 0 Å². The van der Waals surface area contributed by atoms with E-state index in [-0.39, 0.29) is 25.2 Å². The first kappa shape index (κ1) is 71.8. The Labute approximate surface area is 469 Å². The average molecular weight is 1050 g/mol.